The summed E-state index contributed by atoms with van der Waals surface area (Å²) < 4.78 is 0. The van der Waals surface area contributed by atoms with Crippen LogP contribution < -0.4 is 5.32 Å². The number of rotatable bonds is 3. The molecule has 0 aromatic rings. The summed E-state index contributed by atoms with van der Waals surface area (Å²) in [5.74, 6) is 0. The quantitative estimate of drug-likeness (QED) is 0.696. The van der Waals surface area contributed by atoms with Gasteiger partial charge in [-0.25, -0.2) is 0 Å². The third-order valence-corrected chi connectivity index (χ3v) is 3.88. The van der Waals surface area contributed by atoms with Crippen LogP contribution in [0.15, 0.2) is 0 Å². The van der Waals surface area contributed by atoms with Crippen molar-refractivity contribution in [2.45, 2.75) is 38.5 Å². The first-order valence-electron chi connectivity index (χ1n) is 6.54. The molecule has 0 amide bonds. The summed E-state index contributed by atoms with van der Waals surface area (Å²) in [6, 6.07) is 1.37. The van der Waals surface area contributed by atoms with Crippen LogP contribution in [0.5, 0.6) is 0 Å². The van der Waals surface area contributed by atoms with E-state index in [1.807, 2.05) is 6.92 Å². The lowest BCUT2D eigenvalue weighted by Gasteiger charge is -2.39. The maximum Gasteiger partial charge on any atom is 0.0639 e. The highest BCUT2D eigenvalue weighted by Crippen LogP contribution is 2.16. The van der Waals surface area contributed by atoms with Crippen molar-refractivity contribution in [2.75, 3.05) is 39.3 Å². The van der Waals surface area contributed by atoms with Crippen LogP contribution in [0.4, 0.5) is 0 Å². The minimum Gasteiger partial charge on any atom is -0.392 e. The Morgan fingerprint density at radius 2 is 2.00 bits per heavy atom. The molecule has 2 aliphatic heterocycles. The number of nitrogens with one attached hydrogen (secondary N) is 1. The number of nitrogens with zero attached hydrogens (tertiary/aromatic N) is 2. The van der Waals surface area contributed by atoms with Crippen LogP contribution in [0, 0.1) is 0 Å². The summed E-state index contributed by atoms with van der Waals surface area (Å²) in [5, 5.41) is 12.9. The van der Waals surface area contributed by atoms with Gasteiger partial charge in [-0.1, -0.05) is 0 Å². The maximum atomic E-state index is 9.36. The third kappa shape index (κ3) is 2.94. The summed E-state index contributed by atoms with van der Waals surface area (Å²) in [7, 11) is 0. The molecule has 2 rings (SSSR count). The monoisotopic (exact) mass is 227 g/mol. The van der Waals surface area contributed by atoms with Crippen molar-refractivity contribution >= 4 is 0 Å². The molecule has 0 aromatic carbocycles. The first kappa shape index (κ1) is 12.3. The summed E-state index contributed by atoms with van der Waals surface area (Å²) in [5.41, 5.74) is 0. The Balaban J connectivity index is 1.76. The van der Waals surface area contributed by atoms with E-state index in [0.29, 0.717) is 6.04 Å². The number of hydrogen-bond donors (Lipinski definition) is 2. The van der Waals surface area contributed by atoms with E-state index in [9.17, 15) is 5.11 Å². The second-order valence-corrected chi connectivity index (χ2v) is 5.28. The molecule has 0 radical (unpaired) electrons. The van der Waals surface area contributed by atoms with Gasteiger partial charge in [0.05, 0.1) is 6.10 Å². The van der Waals surface area contributed by atoms with Crippen LogP contribution in [0.25, 0.3) is 0 Å². The van der Waals surface area contributed by atoms with Crippen LogP contribution in [0.1, 0.15) is 20.3 Å². The first-order chi connectivity index (χ1) is 7.66. The zero-order valence-electron chi connectivity index (χ0n) is 10.5. The normalized spacial score (nSPS) is 35.4. The summed E-state index contributed by atoms with van der Waals surface area (Å²) >= 11 is 0. The molecule has 0 bridgehead atoms. The largest absolute Gasteiger partial charge is 0.392 e. The molecule has 0 saturated carbocycles. The number of aliphatic hydroxyl groups excluding tert-OH is 1. The molecule has 0 spiro atoms. The highest BCUT2D eigenvalue weighted by atomic mass is 16.3. The van der Waals surface area contributed by atoms with Gasteiger partial charge in [0.25, 0.3) is 0 Å². The first-order valence-corrected chi connectivity index (χ1v) is 6.54. The predicted octanol–water partition coefficient (Wildman–Crippen LogP) is -0.265. The van der Waals surface area contributed by atoms with Crippen LogP contribution in [0.3, 0.4) is 0 Å². The third-order valence-electron chi connectivity index (χ3n) is 3.88. The molecule has 2 aliphatic rings. The van der Waals surface area contributed by atoms with Crippen LogP contribution >= 0.6 is 0 Å². The molecule has 2 heterocycles. The van der Waals surface area contributed by atoms with E-state index < -0.39 is 0 Å². The molecule has 4 heteroatoms. The molecule has 0 aromatic heterocycles. The topological polar surface area (TPSA) is 38.7 Å². The van der Waals surface area contributed by atoms with Gasteiger partial charge in [-0.2, -0.15) is 0 Å². The Kier molecular flexibility index (Phi) is 4.19. The lowest BCUT2D eigenvalue weighted by Crippen LogP contribution is -2.53. The van der Waals surface area contributed by atoms with E-state index in [4.69, 9.17) is 0 Å². The van der Waals surface area contributed by atoms with Gasteiger partial charge in [-0.3, -0.25) is 9.80 Å². The second kappa shape index (κ2) is 5.45. The van der Waals surface area contributed by atoms with E-state index in [-0.39, 0.29) is 6.10 Å². The lowest BCUT2D eigenvalue weighted by atomic mass is 10.1. The highest BCUT2D eigenvalue weighted by molar-refractivity contribution is 4.90. The molecule has 2 N–H and O–H groups in total. The van der Waals surface area contributed by atoms with Crippen molar-refractivity contribution < 1.29 is 5.11 Å². The van der Waals surface area contributed by atoms with Crippen LogP contribution in [-0.2, 0) is 0 Å². The van der Waals surface area contributed by atoms with Crippen molar-refractivity contribution in [1.29, 1.82) is 0 Å². The molecule has 3 atom stereocenters. The standard InChI is InChI=1S/C12H25N3O/c1-10(16)9-14-5-7-15(8-6-14)12-3-4-13-11(12)2/h10-13,16H,3-9H2,1-2H3/t10-,11+,12+/m1/s1. The molecule has 0 aliphatic carbocycles. The van der Waals surface area contributed by atoms with Crippen molar-refractivity contribution in [1.82, 2.24) is 15.1 Å². The maximum absolute atomic E-state index is 9.36. The molecular weight excluding hydrogens is 202 g/mol. The Hall–Kier alpha value is -0.160. The summed E-state index contributed by atoms with van der Waals surface area (Å²) in [4.78, 5) is 4.98. The Morgan fingerprint density at radius 3 is 2.50 bits per heavy atom. The molecular formula is C12H25N3O. The fraction of sp³-hybridized carbons (Fsp3) is 1.00. The number of hydrogen-bond acceptors (Lipinski definition) is 4. The molecule has 2 fully saturated rings. The predicted molar refractivity (Wildman–Crippen MR) is 65.6 cm³/mol. The van der Waals surface area contributed by atoms with Gasteiger partial charge in [0.15, 0.2) is 0 Å². The average molecular weight is 227 g/mol. The van der Waals surface area contributed by atoms with Gasteiger partial charge >= 0.3 is 0 Å². The molecule has 16 heavy (non-hydrogen) atoms. The molecule has 2 saturated heterocycles. The van der Waals surface area contributed by atoms with Gasteiger partial charge in [-0.15, -0.1) is 0 Å². The minimum atomic E-state index is -0.196. The van der Waals surface area contributed by atoms with Gasteiger partial charge < -0.3 is 10.4 Å². The van der Waals surface area contributed by atoms with Crippen molar-refractivity contribution in [3.63, 3.8) is 0 Å². The zero-order chi connectivity index (χ0) is 11.5. The van der Waals surface area contributed by atoms with E-state index in [2.05, 4.69) is 22.0 Å². The van der Waals surface area contributed by atoms with Gasteiger partial charge in [-0.05, 0) is 26.8 Å². The van der Waals surface area contributed by atoms with Crippen molar-refractivity contribution in [2.24, 2.45) is 0 Å². The smallest absolute Gasteiger partial charge is 0.0639 e. The lowest BCUT2D eigenvalue weighted by molar-refractivity contribution is 0.0603. The van der Waals surface area contributed by atoms with Gasteiger partial charge in [0, 0.05) is 44.8 Å². The van der Waals surface area contributed by atoms with E-state index >= 15 is 0 Å². The Morgan fingerprint density at radius 1 is 1.31 bits per heavy atom. The molecule has 94 valence electrons. The second-order valence-electron chi connectivity index (χ2n) is 5.28. The van der Waals surface area contributed by atoms with Crippen molar-refractivity contribution in [3.05, 3.63) is 0 Å². The van der Waals surface area contributed by atoms with Crippen molar-refractivity contribution in [3.8, 4) is 0 Å². The minimum absolute atomic E-state index is 0.196. The number of piperazine rings is 1. The van der Waals surface area contributed by atoms with Gasteiger partial charge in [0.2, 0.25) is 0 Å². The zero-order valence-corrected chi connectivity index (χ0v) is 10.5. The number of β-amino-alcohol motifs (C(OH)–C–C–N with tert-alkyl or cyclic N) is 1. The van der Waals surface area contributed by atoms with E-state index in [1.54, 1.807) is 0 Å². The van der Waals surface area contributed by atoms with Crippen LogP contribution in [0.2, 0.25) is 0 Å². The summed E-state index contributed by atoms with van der Waals surface area (Å²) in [6.45, 7) is 10.7. The fourth-order valence-corrected chi connectivity index (χ4v) is 2.99. The Labute approximate surface area is 98.6 Å². The van der Waals surface area contributed by atoms with E-state index in [0.717, 1.165) is 38.8 Å². The SMILES string of the molecule is C[C@@H]1NCC[C@@H]1N1CCN(C[C@@H](C)O)CC1. The van der Waals surface area contributed by atoms with Gasteiger partial charge in [0.1, 0.15) is 0 Å². The number of aliphatic hydroxyl groups is 1. The fourth-order valence-electron chi connectivity index (χ4n) is 2.99. The molecule has 0 unspecified atom stereocenters. The average Bonchev–Trinajstić information content (AvgIpc) is 2.65. The van der Waals surface area contributed by atoms with Crippen LogP contribution in [-0.4, -0.2) is 72.4 Å². The highest BCUT2D eigenvalue weighted by Gasteiger charge is 2.30. The Bertz CT molecular complexity index is 214. The molecule has 4 nitrogen and oxygen atoms in total. The summed E-state index contributed by atoms with van der Waals surface area (Å²) in [6.07, 6.45) is 1.09. The van der Waals surface area contributed by atoms with E-state index in [1.165, 1.54) is 13.0 Å².